The highest BCUT2D eigenvalue weighted by Crippen LogP contribution is 2.34. The van der Waals surface area contributed by atoms with Gasteiger partial charge >= 0.3 is 0 Å². The van der Waals surface area contributed by atoms with Crippen LogP contribution in [0.25, 0.3) is 11.0 Å². The summed E-state index contributed by atoms with van der Waals surface area (Å²) < 4.78 is 5.53. The molecular weight excluding hydrogens is 382 g/mol. The van der Waals surface area contributed by atoms with Gasteiger partial charge in [-0.2, -0.15) is 15.2 Å². The van der Waals surface area contributed by atoms with Crippen molar-refractivity contribution in [3.8, 4) is 11.8 Å². The molecule has 2 aromatic heterocycles. The van der Waals surface area contributed by atoms with E-state index < -0.39 is 0 Å². The Balaban J connectivity index is 1.68. The second kappa shape index (κ2) is 8.29. The van der Waals surface area contributed by atoms with E-state index in [0.29, 0.717) is 46.2 Å². The molecule has 3 aromatic rings. The Morgan fingerprint density at radius 1 is 1.37 bits per heavy atom. The number of benzene rings is 1. The quantitative estimate of drug-likeness (QED) is 0.550. The Hall–Kier alpha value is -3.80. The zero-order valence-corrected chi connectivity index (χ0v) is 17.0. The number of nitrogens with zero attached hydrogens (tertiary/aromatic N) is 4. The molecule has 0 unspecified atom stereocenters. The van der Waals surface area contributed by atoms with E-state index in [-0.39, 0.29) is 5.91 Å². The van der Waals surface area contributed by atoms with Crippen LogP contribution in [0.1, 0.15) is 31.7 Å². The first-order chi connectivity index (χ1) is 14.6. The maximum atomic E-state index is 12.0. The van der Waals surface area contributed by atoms with Gasteiger partial charge in [0, 0.05) is 37.5 Å². The minimum Gasteiger partial charge on any atom is -0.494 e. The Bertz CT molecular complexity index is 1130. The molecule has 3 heterocycles. The van der Waals surface area contributed by atoms with E-state index in [1.165, 1.54) is 0 Å². The van der Waals surface area contributed by atoms with Crippen molar-refractivity contribution in [2.75, 3.05) is 35.7 Å². The standard InChI is InChI=1S/C21H23N7O2/c1-3-8-23-19-18-13(11-22)12-24-20(18)27-21(26-19)25-15-7-6-14(10-16(15)30-2)28-9-4-5-17(28)29/h6-7,10,12H,3-5,8-9H2,1-2H3,(H3,23,24,25,26,27). The highest BCUT2D eigenvalue weighted by Gasteiger charge is 2.23. The number of H-pyrrole nitrogens is 1. The Morgan fingerprint density at radius 2 is 2.23 bits per heavy atom. The molecule has 1 amide bonds. The molecular formula is C21H23N7O2. The first-order valence-corrected chi connectivity index (χ1v) is 9.93. The van der Waals surface area contributed by atoms with Gasteiger partial charge in [-0.1, -0.05) is 6.92 Å². The van der Waals surface area contributed by atoms with E-state index in [1.807, 2.05) is 18.2 Å². The van der Waals surface area contributed by atoms with E-state index >= 15 is 0 Å². The Labute approximate surface area is 174 Å². The molecule has 3 N–H and O–H groups in total. The first-order valence-electron chi connectivity index (χ1n) is 9.93. The van der Waals surface area contributed by atoms with Crippen LogP contribution in [-0.2, 0) is 4.79 Å². The van der Waals surface area contributed by atoms with Gasteiger partial charge in [0.25, 0.3) is 0 Å². The summed E-state index contributed by atoms with van der Waals surface area (Å²) in [5.41, 5.74) is 2.55. The number of nitrogens with one attached hydrogen (secondary N) is 3. The van der Waals surface area contributed by atoms with Gasteiger partial charge in [0.1, 0.15) is 23.3 Å². The lowest BCUT2D eigenvalue weighted by molar-refractivity contribution is -0.117. The number of hydrogen-bond donors (Lipinski definition) is 3. The molecule has 0 bridgehead atoms. The number of methoxy groups -OCH3 is 1. The highest BCUT2D eigenvalue weighted by molar-refractivity contribution is 5.96. The number of aromatic amines is 1. The molecule has 1 aliphatic heterocycles. The van der Waals surface area contributed by atoms with Gasteiger partial charge in [0.05, 0.1) is 23.7 Å². The molecule has 1 aliphatic rings. The molecule has 9 heteroatoms. The molecule has 0 atom stereocenters. The van der Waals surface area contributed by atoms with Gasteiger partial charge in [-0.15, -0.1) is 0 Å². The van der Waals surface area contributed by atoms with Crippen molar-refractivity contribution in [2.45, 2.75) is 26.2 Å². The second-order valence-corrected chi connectivity index (χ2v) is 7.02. The van der Waals surface area contributed by atoms with Crippen LogP contribution in [0.15, 0.2) is 24.4 Å². The zero-order valence-electron chi connectivity index (χ0n) is 17.0. The second-order valence-electron chi connectivity index (χ2n) is 7.02. The molecule has 9 nitrogen and oxygen atoms in total. The van der Waals surface area contributed by atoms with Crippen molar-refractivity contribution in [3.63, 3.8) is 0 Å². The maximum absolute atomic E-state index is 12.0. The van der Waals surface area contributed by atoms with Crippen molar-refractivity contribution in [1.82, 2.24) is 15.0 Å². The number of hydrogen-bond acceptors (Lipinski definition) is 7. The Morgan fingerprint density at radius 3 is 2.93 bits per heavy atom. The summed E-state index contributed by atoms with van der Waals surface area (Å²) in [6, 6.07) is 7.73. The number of nitriles is 1. The van der Waals surface area contributed by atoms with Crippen LogP contribution in [0.5, 0.6) is 5.75 Å². The number of anilines is 4. The minimum atomic E-state index is 0.123. The molecule has 4 rings (SSSR count). The van der Waals surface area contributed by atoms with E-state index in [2.05, 4.69) is 38.6 Å². The predicted molar refractivity (Wildman–Crippen MR) is 115 cm³/mol. The number of carbonyl (C=O) groups is 1. The predicted octanol–water partition coefficient (Wildman–Crippen LogP) is 3.53. The Kier molecular flexibility index (Phi) is 5.39. The maximum Gasteiger partial charge on any atom is 0.231 e. The monoisotopic (exact) mass is 405 g/mol. The van der Waals surface area contributed by atoms with Crippen molar-refractivity contribution in [2.24, 2.45) is 0 Å². The molecule has 0 spiro atoms. The summed E-state index contributed by atoms with van der Waals surface area (Å²) in [6.07, 6.45) is 3.99. The van der Waals surface area contributed by atoms with Crippen LogP contribution >= 0.6 is 0 Å². The molecule has 0 saturated carbocycles. The number of aromatic nitrogens is 3. The number of fused-ring (bicyclic) bond motifs is 1. The fraction of sp³-hybridized carbons (Fsp3) is 0.333. The third-order valence-corrected chi connectivity index (χ3v) is 5.01. The molecule has 1 saturated heterocycles. The summed E-state index contributed by atoms with van der Waals surface area (Å²) in [4.78, 5) is 25.9. The summed E-state index contributed by atoms with van der Waals surface area (Å²) in [6.45, 7) is 3.50. The molecule has 1 fully saturated rings. The van der Waals surface area contributed by atoms with E-state index in [1.54, 1.807) is 18.2 Å². The van der Waals surface area contributed by atoms with Crippen LogP contribution in [0.4, 0.5) is 23.1 Å². The largest absolute Gasteiger partial charge is 0.494 e. The molecule has 0 radical (unpaired) electrons. The third kappa shape index (κ3) is 3.59. The van der Waals surface area contributed by atoms with Crippen molar-refractivity contribution in [3.05, 3.63) is 30.0 Å². The third-order valence-electron chi connectivity index (χ3n) is 5.01. The fourth-order valence-electron chi connectivity index (χ4n) is 3.54. The lowest BCUT2D eigenvalue weighted by Crippen LogP contribution is -2.23. The molecule has 1 aromatic carbocycles. The van der Waals surface area contributed by atoms with Gasteiger partial charge in [0.2, 0.25) is 11.9 Å². The average Bonchev–Trinajstić information content (AvgIpc) is 3.38. The molecule has 0 aliphatic carbocycles. The van der Waals surface area contributed by atoms with Crippen LogP contribution in [-0.4, -0.2) is 41.1 Å². The normalized spacial score (nSPS) is 13.5. The van der Waals surface area contributed by atoms with Crippen LogP contribution < -0.4 is 20.3 Å². The lowest BCUT2D eigenvalue weighted by atomic mass is 10.2. The van der Waals surface area contributed by atoms with Gasteiger partial charge in [-0.05, 0) is 25.0 Å². The topological polar surface area (TPSA) is 119 Å². The lowest BCUT2D eigenvalue weighted by Gasteiger charge is -2.18. The van der Waals surface area contributed by atoms with Crippen LogP contribution in [0, 0.1) is 11.3 Å². The highest BCUT2D eigenvalue weighted by atomic mass is 16.5. The van der Waals surface area contributed by atoms with Gasteiger partial charge in [-0.3, -0.25) is 4.79 Å². The minimum absolute atomic E-state index is 0.123. The van der Waals surface area contributed by atoms with E-state index in [4.69, 9.17) is 4.74 Å². The number of amides is 1. The van der Waals surface area contributed by atoms with E-state index in [9.17, 15) is 10.1 Å². The summed E-state index contributed by atoms with van der Waals surface area (Å²) in [5.74, 6) is 1.68. The molecule has 30 heavy (non-hydrogen) atoms. The molecule has 154 valence electrons. The van der Waals surface area contributed by atoms with Crippen LogP contribution in [0.2, 0.25) is 0 Å². The summed E-state index contributed by atoms with van der Waals surface area (Å²) >= 11 is 0. The van der Waals surface area contributed by atoms with Gasteiger partial charge < -0.3 is 25.3 Å². The van der Waals surface area contributed by atoms with Crippen molar-refractivity contribution in [1.29, 1.82) is 5.26 Å². The van der Waals surface area contributed by atoms with E-state index in [0.717, 1.165) is 31.6 Å². The summed E-state index contributed by atoms with van der Waals surface area (Å²) in [5, 5.41) is 16.5. The van der Waals surface area contributed by atoms with Crippen molar-refractivity contribution >= 4 is 40.1 Å². The van der Waals surface area contributed by atoms with Gasteiger partial charge in [0.15, 0.2) is 0 Å². The summed E-state index contributed by atoms with van der Waals surface area (Å²) in [7, 11) is 1.58. The fourth-order valence-corrected chi connectivity index (χ4v) is 3.54. The zero-order chi connectivity index (χ0) is 21.1. The van der Waals surface area contributed by atoms with Crippen molar-refractivity contribution < 1.29 is 9.53 Å². The number of ether oxygens (including phenoxy) is 1. The van der Waals surface area contributed by atoms with Crippen LogP contribution in [0.3, 0.4) is 0 Å². The number of carbonyl (C=O) groups excluding carboxylic acids is 1. The number of rotatable bonds is 7. The smallest absolute Gasteiger partial charge is 0.231 e. The average molecular weight is 405 g/mol. The van der Waals surface area contributed by atoms with Gasteiger partial charge in [-0.25, -0.2) is 0 Å². The first kappa shape index (κ1) is 19.5. The SMILES string of the molecule is CCCNc1nc(Nc2ccc(N3CCCC3=O)cc2OC)nc2[nH]cc(C#N)c12.